The number of hydrogen-bond acceptors (Lipinski definition) is 4. The number of aliphatic hydroxyl groups is 1. The van der Waals surface area contributed by atoms with Crippen molar-refractivity contribution in [1.82, 2.24) is 0 Å². The highest BCUT2D eigenvalue weighted by molar-refractivity contribution is 5.83. The molecular weight excluding hydrogens is 172 g/mol. The Morgan fingerprint density at radius 1 is 1.85 bits per heavy atom. The van der Waals surface area contributed by atoms with Gasteiger partial charge in [0.25, 0.3) is 0 Å². The molecule has 0 saturated heterocycles. The highest BCUT2D eigenvalue weighted by Gasteiger charge is 2.27. The molecule has 1 N–H and O–H groups in total. The number of aliphatic hydroxyl groups excluding tert-OH is 1. The van der Waals surface area contributed by atoms with Crippen molar-refractivity contribution in [1.29, 1.82) is 0 Å². The lowest BCUT2D eigenvalue weighted by atomic mass is 10.1. The zero-order valence-corrected chi connectivity index (χ0v) is 7.82. The summed E-state index contributed by atoms with van der Waals surface area (Å²) < 4.78 is 9.86. The number of carbonyl (C=O) groups is 1. The van der Waals surface area contributed by atoms with Crippen molar-refractivity contribution >= 4 is 5.97 Å². The van der Waals surface area contributed by atoms with E-state index in [-0.39, 0.29) is 0 Å². The second-order valence-electron chi connectivity index (χ2n) is 2.97. The maximum Gasteiger partial charge on any atom is 0.334 e. The van der Waals surface area contributed by atoms with Crippen LogP contribution in [0.3, 0.4) is 0 Å². The lowest BCUT2D eigenvalue weighted by Gasteiger charge is -2.25. The molecule has 1 heterocycles. The monoisotopic (exact) mass is 186 g/mol. The molecule has 0 aromatic rings. The van der Waals surface area contributed by atoms with E-state index in [0.29, 0.717) is 18.6 Å². The van der Waals surface area contributed by atoms with Crippen LogP contribution in [-0.4, -0.2) is 30.4 Å². The van der Waals surface area contributed by atoms with E-state index in [1.807, 2.05) is 6.92 Å². The number of hydrogen-bond donors (Lipinski definition) is 1. The van der Waals surface area contributed by atoms with Gasteiger partial charge in [0.05, 0.1) is 19.3 Å². The Morgan fingerprint density at radius 3 is 3.08 bits per heavy atom. The number of rotatable bonds is 3. The van der Waals surface area contributed by atoms with E-state index in [4.69, 9.17) is 9.47 Å². The minimum atomic E-state index is -0.609. The van der Waals surface area contributed by atoms with E-state index in [0.717, 1.165) is 0 Å². The summed E-state index contributed by atoms with van der Waals surface area (Å²) in [6.45, 7) is 1.84. The average Bonchev–Trinajstić information content (AvgIpc) is 2.15. The molecule has 13 heavy (non-hydrogen) atoms. The number of methoxy groups -OCH3 is 1. The van der Waals surface area contributed by atoms with Gasteiger partial charge < -0.3 is 14.6 Å². The van der Waals surface area contributed by atoms with Gasteiger partial charge in [0.15, 0.2) is 0 Å². The third kappa shape index (κ3) is 2.45. The van der Waals surface area contributed by atoms with Gasteiger partial charge in [-0.25, -0.2) is 4.79 Å². The van der Waals surface area contributed by atoms with Gasteiger partial charge in [-0.15, -0.1) is 0 Å². The first-order valence-electron chi connectivity index (χ1n) is 4.30. The van der Waals surface area contributed by atoms with Crippen molar-refractivity contribution in [2.24, 2.45) is 0 Å². The van der Waals surface area contributed by atoms with Crippen LogP contribution in [-0.2, 0) is 14.3 Å². The summed E-state index contributed by atoms with van der Waals surface area (Å²) in [6, 6.07) is 0. The highest BCUT2D eigenvalue weighted by atomic mass is 16.6. The third-order valence-electron chi connectivity index (χ3n) is 2.06. The minimum Gasteiger partial charge on any atom is -0.501 e. The first-order chi connectivity index (χ1) is 6.17. The second kappa shape index (κ2) is 4.28. The molecule has 1 aliphatic rings. The molecule has 0 saturated carbocycles. The highest BCUT2D eigenvalue weighted by Crippen LogP contribution is 2.19. The quantitative estimate of drug-likeness (QED) is 0.656. The number of cyclic esters (lactones) is 1. The Labute approximate surface area is 77.1 Å². The van der Waals surface area contributed by atoms with E-state index in [1.54, 1.807) is 0 Å². The van der Waals surface area contributed by atoms with Crippen LogP contribution in [0.5, 0.6) is 0 Å². The molecule has 74 valence electrons. The summed E-state index contributed by atoms with van der Waals surface area (Å²) in [5.41, 5.74) is 0. The summed E-state index contributed by atoms with van der Waals surface area (Å²) in [5, 5.41) is 9.45. The molecular formula is C9H14O4. The molecule has 4 heteroatoms. The molecule has 0 aromatic carbocycles. The molecule has 0 aromatic heterocycles. The number of ether oxygens (including phenoxy) is 2. The maximum absolute atomic E-state index is 11.0. The van der Waals surface area contributed by atoms with E-state index >= 15 is 0 Å². The van der Waals surface area contributed by atoms with Crippen LogP contribution in [0.2, 0.25) is 0 Å². The van der Waals surface area contributed by atoms with Crippen molar-refractivity contribution in [3.8, 4) is 0 Å². The lowest BCUT2D eigenvalue weighted by Crippen LogP contribution is -2.33. The van der Waals surface area contributed by atoms with Gasteiger partial charge in [0.2, 0.25) is 0 Å². The number of carbonyl (C=O) groups excluding carboxylic acids is 1. The van der Waals surface area contributed by atoms with Gasteiger partial charge in [-0.1, -0.05) is 6.92 Å². The summed E-state index contributed by atoms with van der Waals surface area (Å²) in [4.78, 5) is 11.0. The smallest absolute Gasteiger partial charge is 0.334 e. The van der Waals surface area contributed by atoms with Gasteiger partial charge in [0, 0.05) is 6.42 Å². The largest absolute Gasteiger partial charge is 0.501 e. The maximum atomic E-state index is 11.0. The van der Waals surface area contributed by atoms with E-state index in [1.165, 1.54) is 13.2 Å². The molecule has 2 unspecified atom stereocenters. The zero-order chi connectivity index (χ0) is 9.84. The van der Waals surface area contributed by atoms with Gasteiger partial charge >= 0.3 is 5.97 Å². The standard InChI is InChI=1S/C9H14O4/c1-3-7(10)8-4-6(12-2)5-9(11)13-8/h5,7-8,10H,3-4H2,1-2H3. The second-order valence-corrected chi connectivity index (χ2v) is 2.97. The molecule has 0 fully saturated rings. The van der Waals surface area contributed by atoms with Crippen LogP contribution in [0.25, 0.3) is 0 Å². The Balaban J connectivity index is 2.63. The molecule has 0 amide bonds. The summed E-state index contributed by atoms with van der Waals surface area (Å²) in [7, 11) is 1.50. The minimum absolute atomic E-state index is 0.444. The summed E-state index contributed by atoms with van der Waals surface area (Å²) in [5.74, 6) is 0.120. The fourth-order valence-electron chi connectivity index (χ4n) is 1.23. The van der Waals surface area contributed by atoms with Crippen molar-refractivity contribution in [2.45, 2.75) is 32.0 Å². The average molecular weight is 186 g/mol. The van der Waals surface area contributed by atoms with Gasteiger partial charge in [-0.05, 0) is 6.42 Å². The first-order valence-corrected chi connectivity index (χ1v) is 4.30. The predicted molar refractivity (Wildman–Crippen MR) is 45.9 cm³/mol. The lowest BCUT2D eigenvalue weighted by molar-refractivity contribution is -0.151. The molecule has 0 aliphatic carbocycles. The molecule has 0 radical (unpaired) electrons. The predicted octanol–water partition coefficient (Wildman–Crippen LogP) is 0.603. The SMILES string of the molecule is CCC(O)C1CC(OC)=CC(=O)O1. The first kappa shape index (κ1) is 10.1. The van der Waals surface area contributed by atoms with Crippen LogP contribution in [0.15, 0.2) is 11.8 Å². The normalized spacial score (nSPS) is 24.7. The van der Waals surface area contributed by atoms with Crippen LogP contribution in [0, 0.1) is 0 Å². The summed E-state index contributed by atoms with van der Waals surface area (Å²) in [6.07, 6.45) is 1.26. The molecule has 4 nitrogen and oxygen atoms in total. The van der Waals surface area contributed by atoms with Crippen molar-refractivity contribution in [2.75, 3.05) is 7.11 Å². The fraction of sp³-hybridized carbons (Fsp3) is 0.667. The van der Waals surface area contributed by atoms with E-state index in [9.17, 15) is 9.90 Å². The Kier molecular flexibility index (Phi) is 3.31. The summed E-state index contributed by atoms with van der Waals surface area (Å²) >= 11 is 0. The third-order valence-corrected chi connectivity index (χ3v) is 2.06. The molecule has 1 aliphatic heterocycles. The van der Waals surface area contributed by atoms with Crippen LogP contribution in [0.1, 0.15) is 19.8 Å². The van der Waals surface area contributed by atoms with Gasteiger partial charge in [-0.3, -0.25) is 0 Å². The van der Waals surface area contributed by atoms with Gasteiger partial charge in [0.1, 0.15) is 11.9 Å². The Bertz CT molecular complexity index is 222. The van der Waals surface area contributed by atoms with Crippen LogP contribution >= 0.6 is 0 Å². The van der Waals surface area contributed by atoms with E-state index < -0.39 is 18.2 Å². The van der Waals surface area contributed by atoms with Crippen molar-refractivity contribution in [3.63, 3.8) is 0 Å². The fourth-order valence-corrected chi connectivity index (χ4v) is 1.23. The zero-order valence-electron chi connectivity index (χ0n) is 7.82. The van der Waals surface area contributed by atoms with Gasteiger partial charge in [-0.2, -0.15) is 0 Å². The van der Waals surface area contributed by atoms with Crippen molar-refractivity contribution < 1.29 is 19.4 Å². The Hall–Kier alpha value is -1.03. The van der Waals surface area contributed by atoms with Crippen molar-refractivity contribution in [3.05, 3.63) is 11.8 Å². The number of esters is 1. The molecule has 2 atom stereocenters. The van der Waals surface area contributed by atoms with Crippen LogP contribution < -0.4 is 0 Å². The molecule has 1 rings (SSSR count). The van der Waals surface area contributed by atoms with Crippen LogP contribution in [0.4, 0.5) is 0 Å². The molecule has 0 bridgehead atoms. The molecule has 0 spiro atoms. The van der Waals surface area contributed by atoms with E-state index in [2.05, 4.69) is 0 Å². The Morgan fingerprint density at radius 2 is 2.54 bits per heavy atom. The topological polar surface area (TPSA) is 55.8 Å².